The second kappa shape index (κ2) is 8.85. The molecule has 1 aromatic rings. The lowest BCUT2D eigenvalue weighted by Gasteiger charge is -2.36. The van der Waals surface area contributed by atoms with Crippen molar-refractivity contribution in [3.8, 4) is 0 Å². The summed E-state index contributed by atoms with van der Waals surface area (Å²) in [6.45, 7) is 8.29. The van der Waals surface area contributed by atoms with Gasteiger partial charge in [0.05, 0.1) is 5.70 Å². The molecule has 6 heteroatoms. The van der Waals surface area contributed by atoms with Crippen LogP contribution in [-0.4, -0.2) is 35.0 Å². The summed E-state index contributed by atoms with van der Waals surface area (Å²) in [6.07, 6.45) is 10.3. The molecule has 4 rings (SSSR count). The van der Waals surface area contributed by atoms with E-state index in [1.165, 1.54) is 37.7 Å². The SMILES string of the molecule is CC(C)(C)c1ccc(C2=CC3(CCN(OC(=S)NC4CCCCC4)CC3)ON2)cc1. The molecule has 164 valence electrons. The maximum atomic E-state index is 6.05. The van der Waals surface area contributed by atoms with Gasteiger partial charge in [0.2, 0.25) is 0 Å². The van der Waals surface area contributed by atoms with Crippen LogP contribution in [0, 0.1) is 0 Å². The van der Waals surface area contributed by atoms with Crippen LogP contribution in [0.5, 0.6) is 0 Å². The molecular formula is C24H35N3O2S. The van der Waals surface area contributed by atoms with Gasteiger partial charge in [0.25, 0.3) is 5.17 Å². The van der Waals surface area contributed by atoms with E-state index >= 15 is 0 Å². The Bertz CT molecular complexity index is 771. The van der Waals surface area contributed by atoms with Crippen LogP contribution in [-0.2, 0) is 15.1 Å². The van der Waals surface area contributed by atoms with E-state index < -0.39 is 0 Å². The van der Waals surface area contributed by atoms with E-state index in [9.17, 15) is 0 Å². The van der Waals surface area contributed by atoms with E-state index in [4.69, 9.17) is 21.9 Å². The Labute approximate surface area is 186 Å². The average molecular weight is 430 g/mol. The van der Waals surface area contributed by atoms with Crippen molar-refractivity contribution in [1.82, 2.24) is 15.9 Å². The van der Waals surface area contributed by atoms with E-state index in [2.05, 4.69) is 61.9 Å². The molecule has 1 saturated heterocycles. The number of nitrogens with zero attached hydrogens (tertiary/aromatic N) is 1. The first-order valence-corrected chi connectivity index (χ1v) is 11.8. The quantitative estimate of drug-likeness (QED) is 0.671. The van der Waals surface area contributed by atoms with Crippen molar-refractivity contribution in [3.05, 3.63) is 41.5 Å². The van der Waals surface area contributed by atoms with Crippen LogP contribution in [0.2, 0.25) is 0 Å². The van der Waals surface area contributed by atoms with Crippen molar-refractivity contribution in [1.29, 1.82) is 0 Å². The predicted molar refractivity (Wildman–Crippen MR) is 125 cm³/mol. The van der Waals surface area contributed by atoms with Crippen LogP contribution in [0.15, 0.2) is 30.3 Å². The summed E-state index contributed by atoms with van der Waals surface area (Å²) >= 11 is 5.43. The van der Waals surface area contributed by atoms with Crippen molar-refractivity contribution in [2.75, 3.05) is 13.1 Å². The molecule has 1 saturated carbocycles. The summed E-state index contributed by atoms with van der Waals surface area (Å²) in [5, 5.41) is 5.86. The summed E-state index contributed by atoms with van der Waals surface area (Å²) in [5.41, 5.74) is 6.61. The maximum absolute atomic E-state index is 6.05. The molecule has 0 bridgehead atoms. The zero-order chi connectivity index (χ0) is 21.2. The zero-order valence-electron chi connectivity index (χ0n) is 18.5. The third-order valence-corrected chi connectivity index (χ3v) is 6.73. The first kappa shape index (κ1) is 21.6. The van der Waals surface area contributed by atoms with E-state index in [0.717, 1.165) is 37.2 Å². The van der Waals surface area contributed by atoms with Gasteiger partial charge in [0.1, 0.15) is 5.60 Å². The van der Waals surface area contributed by atoms with Crippen molar-refractivity contribution in [2.24, 2.45) is 0 Å². The van der Waals surface area contributed by atoms with E-state index in [1.54, 1.807) is 0 Å². The summed E-state index contributed by atoms with van der Waals surface area (Å²) in [4.78, 5) is 12.0. The predicted octanol–water partition coefficient (Wildman–Crippen LogP) is 4.83. The van der Waals surface area contributed by atoms with Gasteiger partial charge in [-0.25, -0.2) is 0 Å². The highest BCUT2D eigenvalue weighted by Gasteiger charge is 2.39. The summed E-state index contributed by atoms with van der Waals surface area (Å²) in [5.74, 6) is 0. The van der Waals surface area contributed by atoms with Crippen LogP contribution >= 0.6 is 12.2 Å². The minimum absolute atomic E-state index is 0.160. The maximum Gasteiger partial charge on any atom is 0.278 e. The normalized spacial score (nSPS) is 22.4. The largest absolute Gasteiger partial charge is 0.376 e. The number of benzene rings is 1. The summed E-state index contributed by atoms with van der Waals surface area (Å²) < 4.78 is 0. The van der Waals surface area contributed by atoms with Gasteiger partial charge in [0.15, 0.2) is 0 Å². The molecule has 3 aliphatic rings. The van der Waals surface area contributed by atoms with Gasteiger partial charge in [-0.1, -0.05) is 64.3 Å². The lowest BCUT2D eigenvalue weighted by atomic mass is 9.86. The highest BCUT2D eigenvalue weighted by atomic mass is 32.1. The fraction of sp³-hybridized carbons (Fsp3) is 0.625. The fourth-order valence-corrected chi connectivity index (χ4v) is 4.80. The van der Waals surface area contributed by atoms with Gasteiger partial charge in [0, 0.05) is 19.1 Å². The van der Waals surface area contributed by atoms with Crippen LogP contribution in [0.3, 0.4) is 0 Å². The van der Waals surface area contributed by atoms with Gasteiger partial charge in [-0.2, -0.15) is 0 Å². The monoisotopic (exact) mass is 429 g/mol. The third kappa shape index (κ3) is 5.16. The van der Waals surface area contributed by atoms with Crippen molar-refractivity contribution in [2.45, 2.75) is 82.8 Å². The minimum atomic E-state index is -0.268. The molecule has 2 aliphatic heterocycles. The van der Waals surface area contributed by atoms with Gasteiger partial charge in [-0.3, -0.25) is 10.3 Å². The van der Waals surface area contributed by atoms with Crippen LogP contribution in [0.1, 0.15) is 76.8 Å². The third-order valence-electron chi connectivity index (χ3n) is 6.54. The Morgan fingerprint density at radius 3 is 2.43 bits per heavy atom. The fourth-order valence-electron chi connectivity index (χ4n) is 4.53. The second-order valence-corrected chi connectivity index (χ2v) is 10.3. The number of rotatable bonds is 3. The number of thiocarbonyl (C=S) groups is 1. The van der Waals surface area contributed by atoms with E-state index in [1.807, 2.05) is 5.06 Å². The number of piperidine rings is 1. The zero-order valence-corrected chi connectivity index (χ0v) is 19.3. The average Bonchev–Trinajstić information content (AvgIpc) is 3.14. The Morgan fingerprint density at radius 1 is 1.13 bits per heavy atom. The van der Waals surface area contributed by atoms with Gasteiger partial charge < -0.3 is 10.2 Å². The summed E-state index contributed by atoms with van der Waals surface area (Å²) in [7, 11) is 0. The molecule has 5 nitrogen and oxygen atoms in total. The number of nitrogens with one attached hydrogen (secondary N) is 2. The molecular weight excluding hydrogens is 394 g/mol. The lowest BCUT2D eigenvalue weighted by molar-refractivity contribution is -0.144. The Morgan fingerprint density at radius 2 is 1.80 bits per heavy atom. The molecule has 0 amide bonds. The lowest BCUT2D eigenvalue weighted by Crippen LogP contribution is -2.47. The molecule has 1 spiro atoms. The van der Waals surface area contributed by atoms with E-state index in [0.29, 0.717) is 11.2 Å². The van der Waals surface area contributed by atoms with E-state index in [-0.39, 0.29) is 11.0 Å². The Balaban J connectivity index is 1.30. The molecule has 30 heavy (non-hydrogen) atoms. The smallest absolute Gasteiger partial charge is 0.278 e. The molecule has 1 aromatic carbocycles. The molecule has 0 aromatic heterocycles. The number of hydrogen-bond acceptors (Lipinski definition) is 5. The van der Waals surface area contributed by atoms with Gasteiger partial charge in [-0.15, -0.1) is 5.06 Å². The first-order chi connectivity index (χ1) is 14.3. The van der Waals surface area contributed by atoms with Crippen LogP contribution in [0.25, 0.3) is 5.70 Å². The standard InChI is InChI=1S/C24H35N3O2S/c1-23(2,3)19-11-9-18(10-12-19)21-17-24(29-26-21)13-15-27(16-14-24)28-22(30)25-20-7-5-4-6-8-20/h9-12,17,20,26H,4-8,13-16H2,1-3H3,(H,25,30). The molecule has 2 fully saturated rings. The second-order valence-electron chi connectivity index (χ2n) is 9.94. The first-order valence-electron chi connectivity index (χ1n) is 11.3. The molecule has 0 unspecified atom stereocenters. The van der Waals surface area contributed by atoms with Gasteiger partial charge in [-0.05, 0) is 60.5 Å². The van der Waals surface area contributed by atoms with Crippen molar-refractivity contribution < 1.29 is 9.68 Å². The number of hydrogen-bond donors (Lipinski definition) is 2. The van der Waals surface area contributed by atoms with Gasteiger partial charge >= 0.3 is 0 Å². The highest BCUT2D eigenvalue weighted by Crippen LogP contribution is 2.35. The molecule has 1 aliphatic carbocycles. The molecule has 0 radical (unpaired) electrons. The van der Waals surface area contributed by atoms with Crippen LogP contribution in [0.4, 0.5) is 0 Å². The van der Waals surface area contributed by atoms with Crippen molar-refractivity contribution in [3.63, 3.8) is 0 Å². The molecule has 0 atom stereocenters. The molecule has 2 heterocycles. The summed E-state index contributed by atoms with van der Waals surface area (Å²) in [6, 6.07) is 9.24. The molecule has 2 N–H and O–H groups in total. The minimum Gasteiger partial charge on any atom is -0.376 e. The van der Waals surface area contributed by atoms with Crippen LogP contribution < -0.4 is 10.8 Å². The Hall–Kier alpha value is -1.63. The topological polar surface area (TPSA) is 45.8 Å². The number of hydroxylamine groups is 3. The van der Waals surface area contributed by atoms with Crippen molar-refractivity contribution >= 4 is 23.1 Å². The highest BCUT2D eigenvalue weighted by molar-refractivity contribution is 7.80. The Kier molecular flexibility index (Phi) is 6.37.